The number of terminal acetylenes is 1. The summed E-state index contributed by atoms with van der Waals surface area (Å²) in [5.41, 5.74) is 0.345. The molecule has 0 fully saturated rings. The fourth-order valence-electron chi connectivity index (χ4n) is 1.23. The van der Waals surface area contributed by atoms with Crippen LogP contribution in [0.2, 0.25) is 0 Å². The molecule has 1 aromatic carbocycles. The molecule has 15 heavy (non-hydrogen) atoms. The first-order valence-corrected chi connectivity index (χ1v) is 4.27. The summed E-state index contributed by atoms with van der Waals surface area (Å²) < 4.78 is 14.8. The van der Waals surface area contributed by atoms with Crippen LogP contribution in [0.5, 0.6) is 0 Å². The molecule has 0 aliphatic rings. The molecule has 1 heterocycles. The number of tetrazole rings is 1. The van der Waals surface area contributed by atoms with Gasteiger partial charge in [0.2, 0.25) is 0 Å². The largest absolute Gasteiger partial charge is 0.213 e. The van der Waals surface area contributed by atoms with Crippen LogP contribution in [0, 0.1) is 18.2 Å². The standard InChI is InChI=1S/C10H7FN4/c1-2-7-15-10(12-13-14-15)8-5-3-4-6-9(8)11/h1,3-6H,7H2. The Morgan fingerprint density at radius 2 is 2.20 bits per heavy atom. The van der Waals surface area contributed by atoms with Crippen LogP contribution in [0.4, 0.5) is 4.39 Å². The minimum Gasteiger partial charge on any atom is -0.213 e. The van der Waals surface area contributed by atoms with Crippen LogP contribution in [-0.4, -0.2) is 20.2 Å². The highest BCUT2D eigenvalue weighted by molar-refractivity contribution is 5.55. The van der Waals surface area contributed by atoms with Gasteiger partial charge in [-0.2, -0.15) is 0 Å². The quantitative estimate of drug-likeness (QED) is 0.685. The lowest BCUT2D eigenvalue weighted by Crippen LogP contribution is -2.02. The van der Waals surface area contributed by atoms with Gasteiger partial charge in [0.1, 0.15) is 12.4 Å². The number of halogens is 1. The van der Waals surface area contributed by atoms with Crippen molar-refractivity contribution >= 4 is 0 Å². The van der Waals surface area contributed by atoms with E-state index in [1.807, 2.05) is 0 Å². The van der Waals surface area contributed by atoms with Crippen LogP contribution in [0.1, 0.15) is 0 Å². The minimum absolute atomic E-state index is 0.219. The maximum atomic E-state index is 13.4. The lowest BCUT2D eigenvalue weighted by Gasteiger charge is -2.01. The zero-order valence-electron chi connectivity index (χ0n) is 7.76. The van der Waals surface area contributed by atoms with Crippen molar-refractivity contribution in [2.45, 2.75) is 6.54 Å². The fourth-order valence-corrected chi connectivity index (χ4v) is 1.23. The molecule has 0 radical (unpaired) electrons. The summed E-state index contributed by atoms with van der Waals surface area (Å²) >= 11 is 0. The second-order valence-corrected chi connectivity index (χ2v) is 2.84. The average molecular weight is 202 g/mol. The molecule has 74 valence electrons. The van der Waals surface area contributed by atoms with Crippen molar-refractivity contribution in [2.75, 3.05) is 0 Å². The molecule has 1 aromatic heterocycles. The van der Waals surface area contributed by atoms with Gasteiger partial charge in [0.05, 0.1) is 5.56 Å². The zero-order valence-corrected chi connectivity index (χ0v) is 7.76. The molecule has 4 nitrogen and oxygen atoms in total. The molecule has 5 heteroatoms. The smallest absolute Gasteiger partial charge is 0.185 e. The highest BCUT2D eigenvalue weighted by Gasteiger charge is 2.11. The lowest BCUT2D eigenvalue weighted by atomic mass is 10.2. The van der Waals surface area contributed by atoms with Crippen LogP contribution >= 0.6 is 0 Å². The van der Waals surface area contributed by atoms with Gasteiger partial charge in [-0.05, 0) is 22.6 Å². The first-order valence-electron chi connectivity index (χ1n) is 4.27. The topological polar surface area (TPSA) is 43.6 Å². The van der Waals surface area contributed by atoms with E-state index < -0.39 is 0 Å². The Labute approximate surface area is 85.7 Å². The van der Waals surface area contributed by atoms with Crippen LogP contribution < -0.4 is 0 Å². The maximum Gasteiger partial charge on any atom is 0.185 e. The molecule has 0 saturated carbocycles. The monoisotopic (exact) mass is 202 g/mol. The van der Waals surface area contributed by atoms with Crippen molar-refractivity contribution in [3.63, 3.8) is 0 Å². The highest BCUT2D eigenvalue weighted by Crippen LogP contribution is 2.18. The lowest BCUT2D eigenvalue weighted by molar-refractivity contribution is 0.624. The van der Waals surface area contributed by atoms with E-state index in [4.69, 9.17) is 6.42 Å². The molecular weight excluding hydrogens is 195 g/mol. The van der Waals surface area contributed by atoms with E-state index in [9.17, 15) is 4.39 Å². The molecule has 2 rings (SSSR count). The Hall–Kier alpha value is -2.22. The second kappa shape index (κ2) is 3.88. The van der Waals surface area contributed by atoms with E-state index in [1.165, 1.54) is 10.7 Å². The van der Waals surface area contributed by atoms with Gasteiger partial charge < -0.3 is 0 Å². The van der Waals surface area contributed by atoms with Crippen molar-refractivity contribution in [2.24, 2.45) is 0 Å². The van der Waals surface area contributed by atoms with E-state index in [1.54, 1.807) is 18.2 Å². The van der Waals surface area contributed by atoms with Crippen LogP contribution in [0.25, 0.3) is 11.4 Å². The summed E-state index contributed by atoms with van der Waals surface area (Å²) in [4.78, 5) is 0. The molecule has 0 saturated heterocycles. The van der Waals surface area contributed by atoms with E-state index in [0.717, 1.165) is 0 Å². The van der Waals surface area contributed by atoms with Gasteiger partial charge in [0, 0.05) is 0 Å². The summed E-state index contributed by atoms with van der Waals surface area (Å²) in [5.74, 6) is 2.37. The fraction of sp³-hybridized carbons (Fsp3) is 0.100. The summed E-state index contributed by atoms with van der Waals surface area (Å²) in [6, 6.07) is 6.28. The first kappa shape index (κ1) is 9.34. The molecule has 0 amide bonds. The Morgan fingerprint density at radius 3 is 2.93 bits per heavy atom. The van der Waals surface area contributed by atoms with Gasteiger partial charge in [-0.1, -0.05) is 18.1 Å². The number of nitrogens with zero attached hydrogens (tertiary/aromatic N) is 4. The summed E-state index contributed by atoms with van der Waals surface area (Å²) in [5, 5.41) is 10.9. The Kier molecular flexibility index (Phi) is 2.42. The third-order valence-corrected chi connectivity index (χ3v) is 1.89. The highest BCUT2D eigenvalue weighted by atomic mass is 19.1. The predicted octanol–water partition coefficient (Wildman–Crippen LogP) is 1.11. The maximum absolute atomic E-state index is 13.4. The molecule has 0 N–H and O–H groups in total. The number of rotatable bonds is 2. The molecule has 2 aromatic rings. The number of benzene rings is 1. The molecular formula is C10H7FN4. The second-order valence-electron chi connectivity index (χ2n) is 2.84. The van der Waals surface area contributed by atoms with Gasteiger partial charge in [0.25, 0.3) is 0 Å². The van der Waals surface area contributed by atoms with E-state index in [2.05, 4.69) is 21.4 Å². The van der Waals surface area contributed by atoms with Crippen LogP contribution in [0.3, 0.4) is 0 Å². The Balaban J connectivity index is 2.51. The summed E-state index contributed by atoms with van der Waals surface area (Å²) in [6.45, 7) is 0.219. The zero-order chi connectivity index (χ0) is 10.7. The SMILES string of the molecule is C#CCn1nnnc1-c1ccccc1F. The van der Waals surface area contributed by atoms with Gasteiger partial charge in [-0.25, -0.2) is 9.07 Å². The van der Waals surface area contributed by atoms with Crippen LogP contribution in [-0.2, 0) is 6.54 Å². The van der Waals surface area contributed by atoms with E-state index >= 15 is 0 Å². The Bertz CT molecular complexity index is 512. The van der Waals surface area contributed by atoms with Crippen molar-refractivity contribution in [3.8, 4) is 23.7 Å². The molecule has 0 spiro atoms. The molecule has 0 aliphatic heterocycles. The van der Waals surface area contributed by atoms with Gasteiger partial charge in [0.15, 0.2) is 5.82 Å². The van der Waals surface area contributed by atoms with Crippen molar-refractivity contribution in [1.29, 1.82) is 0 Å². The average Bonchev–Trinajstić information content (AvgIpc) is 2.67. The summed E-state index contributed by atoms with van der Waals surface area (Å²) in [7, 11) is 0. The van der Waals surface area contributed by atoms with Gasteiger partial charge in [-0.15, -0.1) is 11.5 Å². The normalized spacial score (nSPS) is 9.87. The molecule has 0 atom stereocenters. The van der Waals surface area contributed by atoms with Crippen molar-refractivity contribution in [1.82, 2.24) is 20.2 Å². The third kappa shape index (κ3) is 1.70. The molecule has 0 bridgehead atoms. The van der Waals surface area contributed by atoms with Crippen LogP contribution in [0.15, 0.2) is 24.3 Å². The Morgan fingerprint density at radius 1 is 1.40 bits per heavy atom. The van der Waals surface area contributed by atoms with Gasteiger partial charge in [-0.3, -0.25) is 0 Å². The van der Waals surface area contributed by atoms with Crippen molar-refractivity contribution < 1.29 is 4.39 Å². The summed E-state index contributed by atoms with van der Waals surface area (Å²) in [6.07, 6.45) is 5.14. The van der Waals surface area contributed by atoms with Gasteiger partial charge >= 0.3 is 0 Å². The molecule has 0 aliphatic carbocycles. The number of hydrogen-bond donors (Lipinski definition) is 0. The minimum atomic E-state index is -0.370. The van der Waals surface area contributed by atoms with E-state index in [0.29, 0.717) is 11.4 Å². The first-order chi connectivity index (χ1) is 7.33. The van der Waals surface area contributed by atoms with E-state index in [-0.39, 0.29) is 12.4 Å². The van der Waals surface area contributed by atoms with Crippen molar-refractivity contribution in [3.05, 3.63) is 30.1 Å². The number of aromatic nitrogens is 4. The predicted molar refractivity (Wildman–Crippen MR) is 52.0 cm³/mol. The molecule has 0 unspecified atom stereocenters. The number of hydrogen-bond acceptors (Lipinski definition) is 3. The third-order valence-electron chi connectivity index (χ3n) is 1.89.